The Hall–Kier alpha value is -2.70. The number of hydrogen-bond acceptors (Lipinski definition) is 4. The van der Waals surface area contributed by atoms with Gasteiger partial charge in [0.05, 0.1) is 12.0 Å². The zero-order valence-electron chi connectivity index (χ0n) is 12.2. The predicted octanol–water partition coefficient (Wildman–Crippen LogP) is 3.32. The van der Waals surface area contributed by atoms with Gasteiger partial charge in [0, 0.05) is 5.02 Å². The van der Waals surface area contributed by atoms with Crippen LogP contribution < -0.4 is 10.2 Å². The molecule has 0 radical (unpaired) electrons. The molecule has 2 aromatic rings. The maximum atomic E-state index is 12.7. The van der Waals surface area contributed by atoms with Crippen molar-refractivity contribution in [3.05, 3.63) is 71.2 Å². The number of halogens is 1. The van der Waals surface area contributed by atoms with Crippen LogP contribution in [0.2, 0.25) is 5.02 Å². The molecule has 24 heavy (non-hydrogen) atoms. The second-order valence-electron chi connectivity index (χ2n) is 4.83. The highest BCUT2D eigenvalue weighted by molar-refractivity contribution is 7.80. The first-order valence-corrected chi connectivity index (χ1v) is 7.72. The van der Waals surface area contributed by atoms with Crippen LogP contribution in [0, 0.1) is 0 Å². The van der Waals surface area contributed by atoms with E-state index >= 15 is 0 Å². The number of anilines is 1. The van der Waals surface area contributed by atoms with Gasteiger partial charge >= 0.3 is 0 Å². The number of carbonyl (C=O) groups excluding carboxylic acids is 2. The number of hydrogen-bond donors (Lipinski definition) is 1. The third kappa shape index (κ3) is 3.29. The van der Waals surface area contributed by atoms with Crippen molar-refractivity contribution < 1.29 is 14.0 Å². The van der Waals surface area contributed by atoms with E-state index in [-0.39, 0.29) is 10.7 Å². The van der Waals surface area contributed by atoms with Gasteiger partial charge in [0.25, 0.3) is 11.8 Å². The lowest BCUT2D eigenvalue weighted by Gasteiger charge is -2.28. The van der Waals surface area contributed by atoms with Gasteiger partial charge in [-0.2, -0.15) is 0 Å². The van der Waals surface area contributed by atoms with Gasteiger partial charge in [-0.3, -0.25) is 19.8 Å². The molecule has 120 valence electrons. The minimum absolute atomic E-state index is 0.0134. The Bertz CT molecular complexity index is 872. The molecule has 0 aliphatic carbocycles. The van der Waals surface area contributed by atoms with E-state index < -0.39 is 11.8 Å². The molecule has 7 heteroatoms. The van der Waals surface area contributed by atoms with Crippen molar-refractivity contribution in [3.63, 3.8) is 0 Å². The van der Waals surface area contributed by atoms with Crippen LogP contribution >= 0.6 is 23.8 Å². The smallest absolute Gasteiger partial charge is 0.270 e. The van der Waals surface area contributed by atoms with Crippen LogP contribution in [0.15, 0.2) is 64.8 Å². The lowest BCUT2D eigenvalue weighted by molar-refractivity contribution is -0.122. The molecule has 0 bridgehead atoms. The molecule has 2 heterocycles. The highest BCUT2D eigenvalue weighted by Gasteiger charge is 2.34. The highest BCUT2D eigenvalue weighted by Crippen LogP contribution is 2.23. The van der Waals surface area contributed by atoms with E-state index in [2.05, 4.69) is 5.32 Å². The van der Waals surface area contributed by atoms with Gasteiger partial charge in [-0.1, -0.05) is 23.7 Å². The quantitative estimate of drug-likeness (QED) is 0.519. The Morgan fingerprint density at radius 3 is 2.75 bits per heavy atom. The number of amides is 2. The lowest BCUT2D eigenvalue weighted by Crippen LogP contribution is -2.54. The van der Waals surface area contributed by atoms with E-state index in [1.807, 2.05) is 0 Å². The number of thiocarbonyl (C=S) groups is 1. The van der Waals surface area contributed by atoms with Crippen LogP contribution in [0.4, 0.5) is 5.69 Å². The summed E-state index contributed by atoms with van der Waals surface area (Å²) >= 11 is 11.1. The average molecular weight is 359 g/mol. The van der Waals surface area contributed by atoms with E-state index in [9.17, 15) is 9.59 Å². The minimum Gasteiger partial charge on any atom is -0.465 e. The first-order chi connectivity index (χ1) is 11.6. The SMILES string of the molecule is O=C1NC(=S)N(c2cccc(Cl)c2)C(=O)/C1=C/C=C/c1ccco1. The van der Waals surface area contributed by atoms with Crippen molar-refractivity contribution in [3.8, 4) is 0 Å². The topological polar surface area (TPSA) is 62.6 Å². The van der Waals surface area contributed by atoms with E-state index in [1.54, 1.807) is 48.6 Å². The van der Waals surface area contributed by atoms with E-state index in [0.29, 0.717) is 16.5 Å². The fourth-order valence-corrected chi connectivity index (χ4v) is 2.62. The molecule has 1 aliphatic heterocycles. The molecule has 3 rings (SSSR count). The van der Waals surface area contributed by atoms with E-state index in [4.69, 9.17) is 28.2 Å². The van der Waals surface area contributed by atoms with Crippen molar-refractivity contribution in [2.75, 3.05) is 4.90 Å². The Labute approximate surface area is 148 Å². The van der Waals surface area contributed by atoms with Crippen molar-refractivity contribution in [1.29, 1.82) is 0 Å². The number of furan rings is 1. The zero-order chi connectivity index (χ0) is 17.1. The summed E-state index contributed by atoms with van der Waals surface area (Å²) in [6.07, 6.45) is 6.16. The third-order valence-electron chi connectivity index (χ3n) is 3.23. The van der Waals surface area contributed by atoms with Gasteiger partial charge in [0.2, 0.25) is 0 Å². The summed E-state index contributed by atoms with van der Waals surface area (Å²) in [7, 11) is 0. The second kappa shape index (κ2) is 6.82. The molecule has 1 aromatic heterocycles. The van der Waals surface area contributed by atoms with Crippen LogP contribution in [0.5, 0.6) is 0 Å². The summed E-state index contributed by atoms with van der Waals surface area (Å²) in [5.41, 5.74) is 0.449. The monoisotopic (exact) mass is 358 g/mol. The van der Waals surface area contributed by atoms with Crippen LogP contribution in [0.3, 0.4) is 0 Å². The maximum Gasteiger partial charge on any atom is 0.270 e. The summed E-state index contributed by atoms with van der Waals surface area (Å²) in [5.74, 6) is -0.458. The fraction of sp³-hybridized carbons (Fsp3) is 0. The average Bonchev–Trinajstić information content (AvgIpc) is 3.03. The summed E-state index contributed by atoms with van der Waals surface area (Å²) in [6, 6.07) is 10.2. The first-order valence-electron chi connectivity index (χ1n) is 6.93. The van der Waals surface area contributed by atoms with Crippen LogP contribution in [-0.4, -0.2) is 16.9 Å². The molecule has 1 aliphatic rings. The molecular formula is C17H11ClN2O3S. The van der Waals surface area contributed by atoms with Gasteiger partial charge in [0.15, 0.2) is 5.11 Å². The Kier molecular flexibility index (Phi) is 4.59. The molecule has 0 saturated carbocycles. The van der Waals surface area contributed by atoms with Crippen molar-refractivity contribution >= 4 is 52.5 Å². The zero-order valence-corrected chi connectivity index (χ0v) is 13.8. The van der Waals surface area contributed by atoms with Crippen molar-refractivity contribution in [1.82, 2.24) is 5.32 Å². The second-order valence-corrected chi connectivity index (χ2v) is 5.66. The largest absolute Gasteiger partial charge is 0.465 e. The lowest BCUT2D eigenvalue weighted by atomic mass is 10.1. The summed E-state index contributed by atoms with van der Waals surface area (Å²) < 4.78 is 5.15. The number of rotatable bonds is 3. The van der Waals surface area contributed by atoms with Gasteiger partial charge < -0.3 is 4.42 Å². The molecule has 0 atom stereocenters. The predicted molar refractivity (Wildman–Crippen MR) is 95.5 cm³/mol. The number of nitrogens with zero attached hydrogens (tertiary/aromatic N) is 1. The Morgan fingerprint density at radius 2 is 2.04 bits per heavy atom. The summed E-state index contributed by atoms with van der Waals surface area (Å²) in [6.45, 7) is 0. The molecule has 0 spiro atoms. The number of allylic oxidation sites excluding steroid dienone is 2. The highest BCUT2D eigenvalue weighted by atomic mass is 35.5. The van der Waals surface area contributed by atoms with Crippen molar-refractivity contribution in [2.45, 2.75) is 0 Å². The number of nitrogens with one attached hydrogen (secondary N) is 1. The molecule has 1 N–H and O–H groups in total. The van der Waals surface area contributed by atoms with Gasteiger partial charge in [-0.25, -0.2) is 0 Å². The summed E-state index contributed by atoms with van der Waals surface area (Å²) in [5, 5.41) is 2.98. The maximum absolute atomic E-state index is 12.7. The molecule has 1 fully saturated rings. The van der Waals surface area contributed by atoms with Crippen LogP contribution in [0.25, 0.3) is 6.08 Å². The number of benzene rings is 1. The van der Waals surface area contributed by atoms with Gasteiger partial charge in [-0.05, 0) is 54.7 Å². The Morgan fingerprint density at radius 1 is 1.21 bits per heavy atom. The fourth-order valence-electron chi connectivity index (χ4n) is 2.15. The Balaban J connectivity index is 1.91. The standard InChI is InChI=1S/C17H11ClN2O3S/c18-11-4-1-5-12(10-11)20-16(22)14(15(21)19-17(20)24)8-2-6-13-7-3-9-23-13/h1-10H,(H,19,21,24)/b6-2+,14-8+. The molecule has 0 unspecified atom stereocenters. The van der Waals surface area contributed by atoms with Gasteiger partial charge in [-0.15, -0.1) is 0 Å². The van der Waals surface area contributed by atoms with Gasteiger partial charge in [0.1, 0.15) is 11.3 Å². The van der Waals surface area contributed by atoms with Crippen LogP contribution in [0.1, 0.15) is 5.76 Å². The van der Waals surface area contributed by atoms with Crippen LogP contribution in [-0.2, 0) is 9.59 Å². The molecule has 2 amide bonds. The third-order valence-corrected chi connectivity index (χ3v) is 3.75. The molecule has 1 saturated heterocycles. The normalized spacial score (nSPS) is 17.0. The first kappa shape index (κ1) is 16.2. The molecular weight excluding hydrogens is 348 g/mol. The van der Waals surface area contributed by atoms with Crippen molar-refractivity contribution in [2.24, 2.45) is 0 Å². The summed E-state index contributed by atoms with van der Waals surface area (Å²) in [4.78, 5) is 25.9. The minimum atomic E-state index is -0.549. The van der Waals surface area contributed by atoms with E-state index in [1.165, 1.54) is 17.2 Å². The number of carbonyl (C=O) groups is 2. The molecule has 5 nitrogen and oxygen atoms in total. The van der Waals surface area contributed by atoms with E-state index in [0.717, 1.165) is 0 Å². The molecule has 1 aromatic carbocycles.